The number of rotatable bonds is 6. The summed E-state index contributed by atoms with van der Waals surface area (Å²) < 4.78 is 0. The van der Waals surface area contributed by atoms with Crippen LogP contribution >= 0.6 is 11.3 Å². The van der Waals surface area contributed by atoms with Crippen molar-refractivity contribution in [3.05, 3.63) is 11.4 Å². The Hall–Kier alpha value is -1.40. The van der Waals surface area contributed by atoms with Gasteiger partial charge in [0.25, 0.3) is 0 Å². The summed E-state index contributed by atoms with van der Waals surface area (Å²) in [4.78, 5) is 9.38. The van der Waals surface area contributed by atoms with E-state index in [1.54, 1.807) is 11.3 Å². The van der Waals surface area contributed by atoms with E-state index < -0.39 is 0 Å². The molecule has 2 aromatic heterocycles. The van der Waals surface area contributed by atoms with Gasteiger partial charge in [0.1, 0.15) is 10.6 Å². The zero-order valence-electron chi connectivity index (χ0n) is 11.3. The second-order valence-electron chi connectivity index (χ2n) is 5.41. The van der Waals surface area contributed by atoms with Crippen LogP contribution in [0.4, 0.5) is 11.8 Å². The van der Waals surface area contributed by atoms with Gasteiger partial charge in [-0.3, -0.25) is 0 Å². The van der Waals surface area contributed by atoms with Gasteiger partial charge in [0.2, 0.25) is 5.95 Å². The van der Waals surface area contributed by atoms with Crippen molar-refractivity contribution in [2.75, 3.05) is 24.2 Å². The van der Waals surface area contributed by atoms with Crippen LogP contribution in [0, 0.1) is 5.41 Å². The molecule has 0 saturated carbocycles. The van der Waals surface area contributed by atoms with Gasteiger partial charge in [-0.1, -0.05) is 13.8 Å². The fourth-order valence-corrected chi connectivity index (χ4v) is 2.75. The fourth-order valence-electron chi connectivity index (χ4n) is 1.98. The summed E-state index contributed by atoms with van der Waals surface area (Å²) >= 11 is 1.56. The molecule has 2 rings (SSSR count). The summed E-state index contributed by atoms with van der Waals surface area (Å²) in [7, 11) is 0. The lowest BCUT2D eigenvalue weighted by atomic mass is 9.88. The Balaban J connectivity index is 2.11. The molecule has 0 fully saturated rings. The number of aliphatic hydroxyl groups is 1. The summed E-state index contributed by atoms with van der Waals surface area (Å²) in [6, 6.07) is 2.00. The number of nitrogens with two attached hydrogens (primary N) is 1. The lowest BCUT2D eigenvalue weighted by Crippen LogP contribution is -2.24. The Morgan fingerprint density at radius 2 is 2.21 bits per heavy atom. The molecular formula is C13H20N4OS. The zero-order valence-corrected chi connectivity index (χ0v) is 12.1. The number of thiophene rings is 1. The molecule has 0 aliphatic carbocycles. The van der Waals surface area contributed by atoms with Crippen LogP contribution in [-0.4, -0.2) is 28.2 Å². The van der Waals surface area contributed by atoms with Crippen LogP contribution in [0.2, 0.25) is 0 Å². The van der Waals surface area contributed by atoms with Crippen molar-refractivity contribution in [3.8, 4) is 0 Å². The first-order chi connectivity index (χ1) is 9.02. The highest BCUT2D eigenvalue weighted by molar-refractivity contribution is 7.16. The molecule has 104 valence electrons. The summed E-state index contributed by atoms with van der Waals surface area (Å²) in [6.07, 6.45) is 1.78. The van der Waals surface area contributed by atoms with E-state index in [1.807, 2.05) is 11.4 Å². The third-order valence-electron chi connectivity index (χ3n) is 3.09. The molecule has 2 heterocycles. The van der Waals surface area contributed by atoms with E-state index in [0.29, 0.717) is 5.95 Å². The summed E-state index contributed by atoms with van der Waals surface area (Å²) in [6.45, 7) is 5.36. The molecule has 0 radical (unpaired) electrons. The Labute approximate surface area is 116 Å². The molecule has 6 heteroatoms. The number of nitrogens with one attached hydrogen (secondary N) is 1. The zero-order chi connectivity index (χ0) is 13.9. The topological polar surface area (TPSA) is 84.1 Å². The molecule has 0 amide bonds. The molecule has 0 atom stereocenters. The van der Waals surface area contributed by atoms with Crippen molar-refractivity contribution in [2.24, 2.45) is 5.41 Å². The van der Waals surface area contributed by atoms with E-state index in [-0.39, 0.29) is 12.0 Å². The number of hydrogen-bond acceptors (Lipinski definition) is 6. The van der Waals surface area contributed by atoms with Crippen molar-refractivity contribution in [2.45, 2.75) is 26.7 Å². The largest absolute Gasteiger partial charge is 0.396 e. The second kappa shape index (κ2) is 5.71. The van der Waals surface area contributed by atoms with E-state index in [0.717, 1.165) is 35.4 Å². The average molecular weight is 280 g/mol. The third-order valence-corrected chi connectivity index (χ3v) is 3.90. The highest BCUT2D eigenvalue weighted by Gasteiger charge is 2.18. The van der Waals surface area contributed by atoms with Gasteiger partial charge in [0.15, 0.2) is 0 Å². The maximum atomic E-state index is 8.91. The maximum Gasteiger partial charge on any atom is 0.223 e. The van der Waals surface area contributed by atoms with Gasteiger partial charge in [-0.05, 0) is 29.7 Å². The van der Waals surface area contributed by atoms with E-state index in [9.17, 15) is 0 Å². The van der Waals surface area contributed by atoms with Crippen LogP contribution in [0.1, 0.15) is 26.7 Å². The molecule has 5 nitrogen and oxygen atoms in total. The van der Waals surface area contributed by atoms with Gasteiger partial charge >= 0.3 is 0 Å². The van der Waals surface area contributed by atoms with E-state index in [1.165, 1.54) is 0 Å². The van der Waals surface area contributed by atoms with Gasteiger partial charge in [0, 0.05) is 13.2 Å². The van der Waals surface area contributed by atoms with Gasteiger partial charge in [-0.2, -0.15) is 4.98 Å². The van der Waals surface area contributed by atoms with Crippen LogP contribution in [0.5, 0.6) is 0 Å². The minimum Gasteiger partial charge on any atom is -0.396 e. The molecule has 0 bridgehead atoms. The van der Waals surface area contributed by atoms with Crippen molar-refractivity contribution in [1.29, 1.82) is 0 Å². The molecule has 0 spiro atoms. The van der Waals surface area contributed by atoms with Crippen LogP contribution in [-0.2, 0) is 0 Å². The first-order valence-electron chi connectivity index (χ1n) is 6.37. The predicted molar refractivity (Wildman–Crippen MR) is 80.4 cm³/mol. The van der Waals surface area contributed by atoms with E-state index >= 15 is 0 Å². The predicted octanol–water partition coefficient (Wildman–Crippen LogP) is 2.48. The minimum atomic E-state index is 0.102. The quantitative estimate of drug-likeness (QED) is 0.757. The molecule has 0 aliphatic heterocycles. The van der Waals surface area contributed by atoms with Gasteiger partial charge < -0.3 is 16.2 Å². The standard InChI is InChI=1S/C13H20N4OS/c1-13(2,5-3-6-18)8-15-10-9-4-7-19-11(9)17-12(14)16-10/h4,7,18H,3,5-6,8H2,1-2H3,(H3,14,15,16,17). The first kappa shape index (κ1) is 14.0. The fraction of sp³-hybridized carbons (Fsp3) is 0.538. The molecule has 4 N–H and O–H groups in total. The van der Waals surface area contributed by atoms with Crippen LogP contribution in [0.25, 0.3) is 10.2 Å². The second-order valence-corrected chi connectivity index (χ2v) is 6.31. The van der Waals surface area contributed by atoms with Gasteiger partial charge in [0.05, 0.1) is 5.39 Å². The summed E-state index contributed by atoms with van der Waals surface area (Å²) in [5, 5.41) is 15.3. The highest BCUT2D eigenvalue weighted by Crippen LogP contribution is 2.28. The monoisotopic (exact) mass is 280 g/mol. The number of aromatic nitrogens is 2. The SMILES string of the molecule is CC(C)(CCCO)CNc1nc(N)nc2sccc12. The highest BCUT2D eigenvalue weighted by atomic mass is 32.1. The number of nitrogens with zero attached hydrogens (tertiary/aromatic N) is 2. The summed E-state index contributed by atoms with van der Waals surface area (Å²) in [5.41, 5.74) is 5.82. The lowest BCUT2D eigenvalue weighted by Gasteiger charge is -2.25. The Bertz CT molecular complexity index is 553. The van der Waals surface area contributed by atoms with Crippen LogP contribution in [0.15, 0.2) is 11.4 Å². The van der Waals surface area contributed by atoms with Crippen molar-refractivity contribution in [1.82, 2.24) is 9.97 Å². The summed E-state index contributed by atoms with van der Waals surface area (Å²) in [5.74, 6) is 1.09. The van der Waals surface area contributed by atoms with Crippen molar-refractivity contribution in [3.63, 3.8) is 0 Å². The lowest BCUT2D eigenvalue weighted by molar-refractivity contribution is 0.248. The van der Waals surface area contributed by atoms with Crippen LogP contribution in [0.3, 0.4) is 0 Å². The average Bonchev–Trinajstić information content (AvgIpc) is 2.81. The Morgan fingerprint density at radius 3 is 2.95 bits per heavy atom. The molecular weight excluding hydrogens is 260 g/mol. The Kier molecular flexibility index (Phi) is 4.21. The number of hydrogen-bond donors (Lipinski definition) is 3. The van der Waals surface area contributed by atoms with Gasteiger partial charge in [-0.15, -0.1) is 11.3 Å². The number of nitrogen functional groups attached to an aromatic ring is 1. The van der Waals surface area contributed by atoms with E-state index in [2.05, 4.69) is 29.1 Å². The van der Waals surface area contributed by atoms with Gasteiger partial charge in [-0.25, -0.2) is 4.98 Å². The number of fused-ring (bicyclic) bond motifs is 1. The molecule has 19 heavy (non-hydrogen) atoms. The smallest absolute Gasteiger partial charge is 0.223 e. The molecule has 0 unspecified atom stereocenters. The minimum absolute atomic E-state index is 0.102. The van der Waals surface area contributed by atoms with Crippen LogP contribution < -0.4 is 11.1 Å². The first-order valence-corrected chi connectivity index (χ1v) is 7.25. The molecule has 0 aliphatic rings. The molecule has 2 aromatic rings. The number of anilines is 2. The number of aliphatic hydroxyl groups excluding tert-OH is 1. The Morgan fingerprint density at radius 1 is 1.42 bits per heavy atom. The van der Waals surface area contributed by atoms with E-state index in [4.69, 9.17) is 10.8 Å². The normalized spacial score (nSPS) is 11.9. The third kappa shape index (κ3) is 3.54. The molecule has 0 aromatic carbocycles. The van der Waals surface area contributed by atoms with Crippen molar-refractivity contribution >= 4 is 33.3 Å². The maximum absolute atomic E-state index is 8.91. The van der Waals surface area contributed by atoms with Crippen molar-refractivity contribution < 1.29 is 5.11 Å². The molecule has 0 saturated heterocycles.